The molecule has 0 aliphatic carbocycles. The summed E-state index contributed by atoms with van der Waals surface area (Å²) >= 11 is 0. The zero-order chi connectivity index (χ0) is 62.9. The van der Waals surface area contributed by atoms with Gasteiger partial charge in [-0.2, -0.15) is 0 Å². The summed E-state index contributed by atoms with van der Waals surface area (Å²) in [6, 6.07) is 0. The molecule has 0 aromatic heterocycles. The normalized spacial score (nSPS) is 14.2. The number of carbonyl (C=O) groups is 4. The Balaban J connectivity index is 5.24. The summed E-state index contributed by atoms with van der Waals surface area (Å²) < 4.78 is 68.1. The number of unbranched alkanes of at least 4 members (excludes halogenated alkanes) is 35. The molecule has 0 spiro atoms. The van der Waals surface area contributed by atoms with Crippen LogP contribution in [0.25, 0.3) is 0 Å². The smallest absolute Gasteiger partial charge is 0.462 e. The van der Waals surface area contributed by atoms with Crippen molar-refractivity contribution in [3.05, 3.63) is 0 Å². The molecule has 19 heteroatoms. The van der Waals surface area contributed by atoms with Crippen LogP contribution in [-0.4, -0.2) is 96.7 Å². The van der Waals surface area contributed by atoms with Crippen molar-refractivity contribution in [2.45, 2.75) is 349 Å². The zero-order valence-corrected chi connectivity index (χ0v) is 56.7. The van der Waals surface area contributed by atoms with E-state index in [1.807, 2.05) is 0 Å². The minimum absolute atomic E-state index is 0.103. The molecule has 0 saturated carbocycles. The molecule has 0 saturated heterocycles. The Labute approximate surface area is 517 Å². The van der Waals surface area contributed by atoms with Gasteiger partial charge in [0.15, 0.2) is 12.2 Å². The van der Waals surface area contributed by atoms with Gasteiger partial charge in [-0.1, -0.05) is 279 Å². The summed E-state index contributed by atoms with van der Waals surface area (Å²) in [7, 11) is -9.89. The van der Waals surface area contributed by atoms with Gasteiger partial charge in [-0.15, -0.1) is 0 Å². The van der Waals surface area contributed by atoms with Crippen LogP contribution in [0.4, 0.5) is 0 Å². The Kier molecular flexibility index (Phi) is 57.1. The minimum atomic E-state index is -4.95. The van der Waals surface area contributed by atoms with Crippen LogP contribution in [-0.2, 0) is 65.4 Å². The van der Waals surface area contributed by atoms with Gasteiger partial charge in [0.2, 0.25) is 0 Å². The van der Waals surface area contributed by atoms with E-state index in [4.69, 9.17) is 37.0 Å². The Morgan fingerprint density at radius 2 is 0.541 bits per heavy atom. The average Bonchev–Trinajstić information content (AvgIpc) is 3.51. The molecule has 0 fully saturated rings. The van der Waals surface area contributed by atoms with Gasteiger partial charge in [-0.3, -0.25) is 37.3 Å². The van der Waals surface area contributed by atoms with Gasteiger partial charge < -0.3 is 33.8 Å². The Hall–Kier alpha value is -1.94. The lowest BCUT2D eigenvalue weighted by Crippen LogP contribution is -2.30. The van der Waals surface area contributed by atoms with Gasteiger partial charge in [0.25, 0.3) is 0 Å². The van der Waals surface area contributed by atoms with Gasteiger partial charge >= 0.3 is 39.5 Å². The predicted molar refractivity (Wildman–Crippen MR) is 340 cm³/mol. The first-order chi connectivity index (χ1) is 40.9. The van der Waals surface area contributed by atoms with Crippen molar-refractivity contribution in [1.82, 2.24) is 0 Å². The molecule has 0 radical (unpaired) electrons. The highest BCUT2D eigenvalue weighted by molar-refractivity contribution is 7.47. The van der Waals surface area contributed by atoms with Gasteiger partial charge in [0.05, 0.1) is 26.4 Å². The van der Waals surface area contributed by atoms with E-state index < -0.39 is 97.5 Å². The average molecular weight is 1260 g/mol. The quantitative estimate of drug-likeness (QED) is 0.0222. The molecule has 3 N–H and O–H groups in total. The summed E-state index contributed by atoms with van der Waals surface area (Å²) in [4.78, 5) is 72.3. The number of hydrogen-bond donors (Lipinski definition) is 3. The summed E-state index contributed by atoms with van der Waals surface area (Å²) in [6.45, 7) is 9.44. The lowest BCUT2D eigenvalue weighted by Gasteiger charge is -2.21. The second-order valence-electron chi connectivity index (χ2n) is 24.8. The maximum Gasteiger partial charge on any atom is 0.472 e. The SMILES string of the molecule is CCCCCCCCCCCCCC(=O)OC[C@H](COP(=O)(O)OC[C@@H](O)COP(=O)(O)OC[C@@H](COC(=O)CCCCCCCCCCCC)OC(=O)CCCCCCCCCC(C)C)OC(=O)CCCCCCCCCCCCCC(C)C. The molecule has 2 unspecified atom stereocenters. The van der Waals surface area contributed by atoms with Crippen LogP contribution in [0.3, 0.4) is 0 Å². The molecule has 0 rings (SSSR count). The van der Waals surface area contributed by atoms with Crippen molar-refractivity contribution in [2.75, 3.05) is 39.6 Å². The third kappa shape index (κ3) is 60.7. The fraction of sp³-hybridized carbons (Fsp3) is 0.939. The first-order valence-corrected chi connectivity index (χ1v) is 37.5. The van der Waals surface area contributed by atoms with E-state index >= 15 is 0 Å². The van der Waals surface area contributed by atoms with E-state index in [0.29, 0.717) is 31.6 Å². The summed E-state index contributed by atoms with van der Waals surface area (Å²) in [5.41, 5.74) is 0. The van der Waals surface area contributed by atoms with Gasteiger partial charge in [0.1, 0.15) is 19.3 Å². The zero-order valence-electron chi connectivity index (χ0n) is 54.9. The molecule has 85 heavy (non-hydrogen) atoms. The highest BCUT2D eigenvalue weighted by Crippen LogP contribution is 2.45. The summed E-state index contributed by atoms with van der Waals surface area (Å²) in [5.74, 6) is -0.670. The van der Waals surface area contributed by atoms with Crippen LogP contribution in [0.1, 0.15) is 330 Å². The molecule has 0 aliphatic rings. The maximum absolute atomic E-state index is 13.0. The van der Waals surface area contributed by atoms with E-state index in [9.17, 15) is 43.2 Å². The van der Waals surface area contributed by atoms with Crippen molar-refractivity contribution in [1.29, 1.82) is 0 Å². The van der Waals surface area contributed by atoms with Crippen molar-refractivity contribution < 1.29 is 80.2 Å². The number of phosphoric ester groups is 2. The van der Waals surface area contributed by atoms with Crippen LogP contribution in [0.5, 0.6) is 0 Å². The highest BCUT2D eigenvalue weighted by atomic mass is 31.2. The van der Waals surface area contributed by atoms with Crippen LogP contribution < -0.4 is 0 Å². The van der Waals surface area contributed by atoms with Crippen LogP contribution in [0, 0.1) is 11.8 Å². The van der Waals surface area contributed by atoms with Crippen molar-refractivity contribution in [3.8, 4) is 0 Å². The lowest BCUT2D eigenvalue weighted by atomic mass is 10.0. The number of esters is 4. The molecule has 5 atom stereocenters. The third-order valence-corrected chi connectivity index (χ3v) is 17.1. The number of aliphatic hydroxyl groups is 1. The van der Waals surface area contributed by atoms with E-state index in [1.165, 1.54) is 148 Å². The maximum atomic E-state index is 13.0. The van der Waals surface area contributed by atoms with Crippen molar-refractivity contribution in [3.63, 3.8) is 0 Å². The highest BCUT2D eigenvalue weighted by Gasteiger charge is 2.30. The van der Waals surface area contributed by atoms with E-state index in [-0.39, 0.29) is 25.7 Å². The van der Waals surface area contributed by atoms with Crippen LogP contribution in [0.2, 0.25) is 0 Å². The first-order valence-electron chi connectivity index (χ1n) is 34.5. The Morgan fingerprint density at radius 3 is 0.800 bits per heavy atom. The molecular weight excluding hydrogens is 1130 g/mol. The van der Waals surface area contributed by atoms with Gasteiger partial charge in [0, 0.05) is 25.7 Å². The molecule has 17 nitrogen and oxygen atoms in total. The predicted octanol–water partition coefficient (Wildman–Crippen LogP) is 18.4. The second-order valence-corrected chi connectivity index (χ2v) is 27.7. The fourth-order valence-corrected chi connectivity index (χ4v) is 11.5. The standard InChI is InChI=1S/C66H128O17P2/c1-7-9-11-13-15-17-20-25-31-37-43-49-64(69)77-54-61(82-65(70)50-44-38-32-26-22-19-21-23-28-34-40-46-58(3)4)56-80-84(72,73)78-52-60(67)53-79-85(74,75)81-57-62(83-66(71)51-45-39-33-27-29-35-41-47-59(5)6)55-76-63(68)48-42-36-30-24-18-16-14-12-10-8-2/h58-62,67H,7-57H2,1-6H3,(H,72,73)(H,74,75)/t60-,61-,62-/m1/s1. The Morgan fingerprint density at radius 1 is 0.318 bits per heavy atom. The van der Waals surface area contributed by atoms with E-state index in [0.717, 1.165) is 95.8 Å². The molecule has 0 bridgehead atoms. The molecule has 0 aromatic rings. The lowest BCUT2D eigenvalue weighted by molar-refractivity contribution is -0.161. The van der Waals surface area contributed by atoms with Crippen molar-refractivity contribution in [2.24, 2.45) is 11.8 Å². The minimum Gasteiger partial charge on any atom is -0.462 e. The number of ether oxygens (including phenoxy) is 4. The van der Waals surface area contributed by atoms with Crippen molar-refractivity contribution >= 4 is 39.5 Å². The molecular formula is C66H128O17P2. The summed E-state index contributed by atoms with van der Waals surface area (Å²) in [6.07, 6.45) is 41.7. The number of aliphatic hydroxyl groups excluding tert-OH is 1. The van der Waals surface area contributed by atoms with Gasteiger partial charge in [-0.25, -0.2) is 9.13 Å². The number of rotatable bonds is 65. The number of carbonyl (C=O) groups excluding carboxylic acids is 4. The topological polar surface area (TPSA) is 237 Å². The van der Waals surface area contributed by atoms with E-state index in [2.05, 4.69) is 41.5 Å². The van der Waals surface area contributed by atoms with Crippen LogP contribution in [0.15, 0.2) is 0 Å². The van der Waals surface area contributed by atoms with E-state index in [1.54, 1.807) is 0 Å². The van der Waals surface area contributed by atoms with Crippen LogP contribution >= 0.6 is 15.6 Å². The third-order valence-electron chi connectivity index (χ3n) is 15.2. The summed E-state index contributed by atoms with van der Waals surface area (Å²) in [5, 5.41) is 10.5. The number of phosphoric acid groups is 2. The molecule has 0 aromatic carbocycles. The molecule has 504 valence electrons. The fourth-order valence-electron chi connectivity index (χ4n) is 9.88. The van der Waals surface area contributed by atoms with Gasteiger partial charge in [-0.05, 0) is 37.5 Å². The number of hydrogen-bond acceptors (Lipinski definition) is 15. The molecule has 0 heterocycles. The monoisotopic (exact) mass is 1250 g/mol. The first kappa shape index (κ1) is 83.1. The molecule has 0 amide bonds. The largest absolute Gasteiger partial charge is 0.472 e. The molecule has 0 aliphatic heterocycles. The second kappa shape index (κ2) is 58.4. The Bertz CT molecular complexity index is 1670.